The van der Waals surface area contributed by atoms with Crippen molar-refractivity contribution in [3.05, 3.63) is 0 Å². The van der Waals surface area contributed by atoms with Crippen LogP contribution in [0.4, 0.5) is 0 Å². The lowest BCUT2D eigenvalue weighted by Crippen LogP contribution is -2.44. The number of nitrogens with zero attached hydrogens (tertiary/aromatic N) is 1. The number of piperidine rings is 1. The van der Waals surface area contributed by atoms with Crippen molar-refractivity contribution < 1.29 is 14.3 Å². The Labute approximate surface area is 108 Å². The lowest BCUT2D eigenvalue weighted by molar-refractivity contribution is -0.143. The molecular formula is C12H23N3O3. The van der Waals surface area contributed by atoms with Crippen LogP contribution in [0.25, 0.3) is 0 Å². The highest BCUT2D eigenvalue weighted by atomic mass is 16.5. The second-order valence-electron chi connectivity index (χ2n) is 4.52. The lowest BCUT2D eigenvalue weighted by Gasteiger charge is -2.29. The van der Waals surface area contributed by atoms with Gasteiger partial charge in [0, 0.05) is 25.7 Å². The van der Waals surface area contributed by atoms with Crippen LogP contribution in [0.1, 0.15) is 26.2 Å². The predicted octanol–water partition coefficient (Wildman–Crippen LogP) is -0.521. The van der Waals surface area contributed by atoms with E-state index in [1.807, 2.05) is 0 Å². The third-order valence-electron chi connectivity index (χ3n) is 2.96. The van der Waals surface area contributed by atoms with Gasteiger partial charge >= 0.3 is 5.97 Å². The first-order chi connectivity index (χ1) is 8.61. The lowest BCUT2D eigenvalue weighted by atomic mass is 10.1. The van der Waals surface area contributed by atoms with Crippen molar-refractivity contribution in [1.29, 1.82) is 0 Å². The van der Waals surface area contributed by atoms with Gasteiger partial charge in [0.25, 0.3) is 0 Å². The zero-order valence-electron chi connectivity index (χ0n) is 11.0. The fourth-order valence-corrected chi connectivity index (χ4v) is 1.91. The Bertz CT molecular complexity index is 276. The average molecular weight is 257 g/mol. The van der Waals surface area contributed by atoms with Gasteiger partial charge in [-0.05, 0) is 19.8 Å². The van der Waals surface area contributed by atoms with Gasteiger partial charge < -0.3 is 15.8 Å². The summed E-state index contributed by atoms with van der Waals surface area (Å²) in [5.74, 6) is -0.323. The number of carbonyl (C=O) groups is 2. The van der Waals surface area contributed by atoms with Gasteiger partial charge in [0.1, 0.15) is 0 Å². The minimum absolute atomic E-state index is 0.0465. The van der Waals surface area contributed by atoms with Crippen LogP contribution in [-0.4, -0.2) is 55.6 Å². The number of hydrogen-bond acceptors (Lipinski definition) is 5. The molecular weight excluding hydrogens is 234 g/mol. The molecule has 0 aromatic rings. The normalized spacial score (nSPS) is 17.4. The molecule has 6 nitrogen and oxygen atoms in total. The first kappa shape index (κ1) is 14.9. The maximum atomic E-state index is 11.6. The van der Waals surface area contributed by atoms with E-state index in [2.05, 4.69) is 10.2 Å². The summed E-state index contributed by atoms with van der Waals surface area (Å²) in [6.07, 6.45) is 2.11. The summed E-state index contributed by atoms with van der Waals surface area (Å²) in [5.41, 5.74) is 5.79. The highest BCUT2D eigenvalue weighted by molar-refractivity contribution is 5.78. The minimum Gasteiger partial charge on any atom is -0.466 e. The van der Waals surface area contributed by atoms with E-state index in [4.69, 9.17) is 10.5 Å². The molecule has 0 aliphatic carbocycles. The van der Waals surface area contributed by atoms with Gasteiger partial charge in [-0.3, -0.25) is 14.5 Å². The average Bonchev–Trinajstić information content (AvgIpc) is 2.32. The van der Waals surface area contributed by atoms with Gasteiger partial charge in [-0.1, -0.05) is 0 Å². The van der Waals surface area contributed by atoms with Crippen LogP contribution in [0, 0.1) is 0 Å². The maximum absolute atomic E-state index is 11.6. The molecule has 1 aliphatic rings. The van der Waals surface area contributed by atoms with E-state index in [1.54, 1.807) is 6.92 Å². The van der Waals surface area contributed by atoms with E-state index in [-0.39, 0.29) is 24.3 Å². The summed E-state index contributed by atoms with van der Waals surface area (Å²) in [4.78, 5) is 24.7. The fraction of sp³-hybridized carbons (Fsp3) is 0.833. The van der Waals surface area contributed by atoms with Gasteiger partial charge in [0.15, 0.2) is 0 Å². The molecule has 0 saturated carbocycles. The Hall–Kier alpha value is -1.14. The van der Waals surface area contributed by atoms with Crippen LogP contribution in [0.15, 0.2) is 0 Å². The van der Waals surface area contributed by atoms with Gasteiger partial charge in [-0.2, -0.15) is 0 Å². The third-order valence-corrected chi connectivity index (χ3v) is 2.96. The molecule has 104 valence electrons. The Kier molecular flexibility index (Phi) is 6.67. The molecule has 1 aliphatic heterocycles. The molecule has 0 aromatic heterocycles. The van der Waals surface area contributed by atoms with Gasteiger partial charge in [-0.25, -0.2) is 0 Å². The summed E-state index contributed by atoms with van der Waals surface area (Å²) in [7, 11) is 0. The summed E-state index contributed by atoms with van der Waals surface area (Å²) < 4.78 is 4.77. The van der Waals surface area contributed by atoms with E-state index >= 15 is 0 Å². The number of carbonyl (C=O) groups excluding carboxylic acids is 2. The molecule has 3 N–H and O–H groups in total. The molecule has 0 atom stereocenters. The topological polar surface area (TPSA) is 84.7 Å². The molecule has 1 heterocycles. The molecule has 1 amide bonds. The molecule has 1 rings (SSSR count). The monoisotopic (exact) mass is 257 g/mol. The largest absolute Gasteiger partial charge is 0.466 e. The molecule has 0 unspecified atom stereocenters. The van der Waals surface area contributed by atoms with Crippen LogP contribution in [-0.2, 0) is 14.3 Å². The van der Waals surface area contributed by atoms with Crippen LogP contribution in [0.3, 0.4) is 0 Å². The minimum atomic E-state index is -0.276. The molecule has 6 heteroatoms. The Morgan fingerprint density at radius 3 is 2.67 bits per heavy atom. The van der Waals surface area contributed by atoms with Crippen molar-refractivity contribution in [2.75, 3.05) is 32.8 Å². The van der Waals surface area contributed by atoms with E-state index in [9.17, 15) is 9.59 Å². The van der Waals surface area contributed by atoms with Gasteiger partial charge in [-0.15, -0.1) is 0 Å². The van der Waals surface area contributed by atoms with E-state index in [1.165, 1.54) is 0 Å². The van der Waals surface area contributed by atoms with Crippen LogP contribution in [0.5, 0.6) is 0 Å². The predicted molar refractivity (Wildman–Crippen MR) is 67.9 cm³/mol. The zero-order chi connectivity index (χ0) is 13.4. The van der Waals surface area contributed by atoms with E-state index in [0.717, 1.165) is 25.9 Å². The van der Waals surface area contributed by atoms with Crippen molar-refractivity contribution in [2.24, 2.45) is 5.73 Å². The Balaban J connectivity index is 2.08. The smallest absolute Gasteiger partial charge is 0.307 e. The highest BCUT2D eigenvalue weighted by Crippen LogP contribution is 2.07. The van der Waals surface area contributed by atoms with Crippen molar-refractivity contribution in [1.82, 2.24) is 10.2 Å². The number of likely N-dealkylation sites (tertiary alicyclic amines) is 1. The molecule has 1 saturated heterocycles. The van der Waals surface area contributed by atoms with Crippen molar-refractivity contribution >= 4 is 11.9 Å². The quantitative estimate of drug-likeness (QED) is 0.625. The number of amides is 1. The number of esters is 1. The van der Waals surface area contributed by atoms with E-state index < -0.39 is 0 Å². The van der Waals surface area contributed by atoms with Gasteiger partial charge in [0.2, 0.25) is 5.91 Å². The summed E-state index contributed by atoms with van der Waals surface area (Å²) in [6.45, 7) is 4.60. The first-order valence-corrected chi connectivity index (χ1v) is 6.52. The number of nitrogens with one attached hydrogen (secondary N) is 1. The van der Waals surface area contributed by atoms with Crippen LogP contribution < -0.4 is 11.1 Å². The Morgan fingerprint density at radius 2 is 2.06 bits per heavy atom. The standard InChI is InChI=1S/C12H23N3O3/c1-2-18-12(17)3-6-14-11(16)9-15-7-4-10(13)5-8-15/h10H,2-9,13H2,1H3,(H,14,16). The SMILES string of the molecule is CCOC(=O)CCNC(=O)CN1CCC(N)CC1. The van der Waals surface area contributed by atoms with Crippen LogP contribution in [0.2, 0.25) is 0 Å². The second kappa shape index (κ2) is 8.05. The third kappa shape index (κ3) is 5.97. The molecule has 0 spiro atoms. The summed E-state index contributed by atoms with van der Waals surface area (Å²) in [6, 6.07) is 0.271. The van der Waals surface area contributed by atoms with Crippen molar-refractivity contribution in [3.8, 4) is 0 Å². The Morgan fingerprint density at radius 1 is 1.39 bits per heavy atom. The first-order valence-electron chi connectivity index (χ1n) is 6.52. The molecule has 18 heavy (non-hydrogen) atoms. The zero-order valence-corrected chi connectivity index (χ0v) is 11.0. The molecule has 1 fully saturated rings. The highest BCUT2D eigenvalue weighted by Gasteiger charge is 2.17. The number of hydrogen-bond donors (Lipinski definition) is 2. The summed E-state index contributed by atoms with van der Waals surface area (Å²) in [5, 5.41) is 2.72. The summed E-state index contributed by atoms with van der Waals surface area (Å²) >= 11 is 0. The molecule has 0 bridgehead atoms. The second-order valence-corrected chi connectivity index (χ2v) is 4.52. The van der Waals surface area contributed by atoms with E-state index in [0.29, 0.717) is 19.7 Å². The number of rotatable bonds is 6. The van der Waals surface area contributed by atoms with Crippen LogP contribution >= 0.6 is 0 Å². The number of ether oxygens (including phenoxy) is 1. The fourth-order valence-electron chi connectivity index (χ4n) is 1.91. The van der Waals surface area contributed by atoms with Crippen molar-refractivity contribution in [3.63, 3.8) is 0 Å². The maximum Gasteiger partial charge on any atom is 0.307 e. The van der Waals surface area contributed by atoms with Crippen molar-refractivity contribution in [2.45, 2.75) is 32.2 Å². The molecule has 0 aromatic carbocycles. The molecule has 0 radical (unpaired) electrons. The van der Waals surface area contributed by atoms with Gasteiger partial charge in [0.05, 0.1) is 19.6 Å². The number of nitrogens with two attached hydrogens (primary N) is 1.